The smallest absolute Gasteiger partial charge is 0.251 e. The third-order valence-electron chi connectivity index (χ3n) is 3.94. The van der Waals surface area contributed by atoms with E-state index in [1.165, 1.54) is 5.56 Å². The van der Waals surface area contributed by atoms with Crippen LogP contribution in [0.1, 0.15) is 42.6 Å². The molecular weight excluding hydrogens is 268 g/mol. The second-order valence-electron chi connectivity index (χ2n) is 5.01. The molecule has 3 nitrogen and oxygen atoms in total. The van der Waals surface area contributed by atoms with Gasteiger partial charge in [-0.15, -0.1) is 0 Å². The molecule has 1 aromatic rings. The number of benzene rings is 1. The maximum atomic E-state index is 12.2. The molecule has 0 atom stereocenters. The van der Waals surface area contributed by atoms with Gasteiger partial charge in [0.15, 0.2) is 0 Å². The van der Waals surface area contributed by atoms with Gasteiger partial charge in [-0.05, 0) is 49.8 Å². The highest BCUT2D eigenvalue weighted by atomic mass is 32.2. The number of carbonyl (C=O) groups is 1. The zero-order chi connectivity index (χ0) is 15.0. The lowest BCUT2D eigenvalue weighted by Crippen LogP contribution is -2.39. The minimum atomic E-state index is 0.00428. The fourth-order valence-corrected chi connectivity index (χ4v) is 2.99. The first-order chi connectivity index (χ1) is 9.60. The Kier molecular flexibility index (Phi) is 7.10. The summed E-state index contributed by atoms with van der Waals surface area (Å²) < 4.78 is 0.148. The van der Waals surface area contributed by atoms with E-state index < -0.39 is 0 Å². The van der Waals surface area contributed by atoms with E-state index in [1.54, 1.807) is 0 Å². The molecule has 0 aliphatic carbocycles. The molecule has 0 aliphatic heterocycles. The third-order valence-corrected chi connectivity index (χ3v) is 5.53. The number of rotatable bonds is 8. The zero-order valence-corrected chi connectivity index (χ0v) is 13.6. The van der Waals surface area contributed by atoms with Gasteiger partial charge in [-0.2, -0.15) is 11.8 Å². The average molecular weight is 294 g/mol. The normalized spacial score (nSPS) is 11.4. The molecule has 0 radical (unpaired) electrons. The van der Waals surface area contributed by atoms with Crippen LogP contribution in [-0.2, 0) is 6.42 Å². The molecule has 112 valence electrons. The molecule has 0 spiro atoms. The van der Waals surface area contributed by atoms with Crippen LogP contribution in [0.25, 0.3) is 0 Å². The molecule has 0 saturated carbocycles. The van der Waals surface area contributed by atoms with Gasteiger partial charge < -0.3 is 11.1 Å². The summed E-state index contributed by atoms with van der Waals surface area (Å²) in [5, 5.41) is 3.06. The van der Waals surface area contributed by atoms with Crippen LogP contribution in [0.5, 0.6) is 0 Å². The number of thioether (sulfide) groups is 1. The van der Waals surface area contributed by atoms with E-state index >= 15 is 0 Å². The Bertz CT molecular complexity index is 405. The van der Waals surface area contributed by atoms with Crippen molar-refractivity contribution in [2.45, 2.75) is 37.9 Å². The molecule has 0 bridgehead atoms. The summed E-state index contributed by atoms with van der Waals surface area (Å²) >= 11 is 1.83. The molecule has 1 amide bonds. The largest absolute Gasteiger partial charge is 0.351 e. The van der Waals surface area contributed by atoms with E-state index in [1.807, 2.05) is 36.0 Å². The molecule has 0 unspecified atom stereocenters. The van der Waals surface area contributed by atoms with Crippen molar-refractivity contribution in [2.24, 2.45) is 5.73 Å². The Morgan fingerprint density at radius 3 is 2.30 bits per heavy atom. The van der Waals surface area contributed by atoms with Gasteiger partial charge in [-0.25, -0.2) is 0 Å². The fourth-order valence-electron chi connectivity index (χ4n) is 2.19. The Morgan fingerprint density at radius 2 is 1.85 bits per heavy atom. The number of hydrogen-bond acceptors (Lipinski definition) is 3. The lowest BCUT2D eigenvalue weighted by Gasteiger charge is -2.29. The summed E-state index contributed by atoms with van der Waals surface area (Å²) in [4.78, 5) is 12.2. The molecule has 0 heterocycles. The fraction of sp³-hybridized carbons (Fsp3) is 0.562. The van der Waals surface area contributed by atoms with Gasteiger partial charge >= 0.3 is 0 Å². The van der Waals surface area contributed by atoms with Gasteiger partial charge in [0, 0.05) is 16.9 Å². The molecule has 0 fully saturated rings. The highest BCUT2D eigenvalue weighted by Crippen LogP contribution is 2.29. The van der Waals surface area contributed by atoms with Crippen LogP contribution in [-0.4, -0.2) is 30.0 Å². The van der Waals surface area contributed by atoms with Gasteiger partial charge in [-0.1, -0.05) is 26.0 Å². The van der Waals surface area contributed by atoms with Crippen LogP contribution in [0.15, 0.2) is 24.3 Å². The average Bonchev–Trinajstić information content (AvgIpc) is 2.50. The summed E-state index contributed by atoms with van der Waals surface area (Å²) in [7, 11) is 0. The van der Waals surface area contributed by atoms with Crippen LogP contribution < -0.4 is 11.1 Å². The molecule has 1 aromatic carbocycles. The van der Waals surface area contributed by atoms with Gasteiger partial charge in [0.25, 0.3) is 5.91 Å². The van der Waals surface area contributed by atoms with Crippen molar-refractivity contribution in [3.8, 4) is 0 Å². The minimum Gasteiger partial charge on any atom is -0.351 e. The monoisotopic (exact) mass is 294 g/mol. The highest BCUT2D eigenvalue weighted by Gasteiger charge is 2.25. The molecule has 4 heteroatoms. The topological polar surface area (TPSA) is 55.1 Å². The van der Waals surface area contributed by atoms with Gasteiger partial charge in [0.05, 0.1) is 0 Å². The molecule has 1 rings (SSSR count). The summed E-state index contributed by atoms with van der Waals surface area (Å²) in [6.07, 6.45) is 5.07. The summed E-state index contributed by atoms with van der Waals surface area (Å²) in [5.74, 6) is 0.00428. The molecule has 0 saturated heterocycles. The van der Waals surface area contributed by atoms with Crippen molar-refractivity contribution < 1.29 is 4.79 Å². The number of nitrogens with two attached hydrogens (primary N) is 1. The lowest BCUT2D eigenvalue weighted by molar-refractivity contribution is 0.0949. The second kappa shape index (κ2) is 8.32. The van der Waals surface area contributed by atoms with Crippen LogP contribution >= 0.6 is 11.8 Å². The van der Waals surface area contributed by atoms with Gasteiger partial charge in [0.1, 0.15) is 0 Å². The maximum Gasteiger partial charge on any atom is 0.251 e. The SMILES string of the molecule is CCC(CC)(CNC(=O)c1ccc(CCN)cc1)SC. The Labute approximate surface area is 126 Å². The predicted molar refractivity (Wildman–Crippen MR) is 88.4 cm³/mol. The molecule has 3 N–H and O–H groups in total. The third kappa shape index (κ3) is 4.53. The van der Waals surface area contributed by atoms with E-state index in [4.69, 9.17) is 5.73 Å². The zero-order valence-electron chi connectivity index (χ0n) is 12.7. The van der Waals surface area contributed by atoms with Gasteiger partial charge in [0.2, 0.25) is 0 Å². The molecule has 20 heavy (non-hydrogen) atoms. The van der Waals surface area contributed by atoms with Crippen LogP contribution in [0.3, 0.4) is 0 Å². The van der Waals surface area contributed by atoms with Crippen molar-refractivity contribution in [2.75, 3.05) is 19.3 Å². The van der Waals surface area contributed by atoms with E-state index in [2.05, 4.69) is 25.4 Å². The molecule has 0 aliphatic rings. The second-order valence-corrected chi connectivity index (χ2v) is 6.29. The number of amides is 1. The first-order valence-electron chi connectivity index (χ1n) is 7.23. The van der Waals surface area contributed by atoms with Gasteiger partial charge in [-0.3, -0.25) is 4.79 Å². The van der Waals surface area contributed by atoms with Crippen LogP contribution in [0.2, 0.25) is 0 Å². The first-order valence-corrected chi connectivity index (χ1v) is 8.45. The van der Waals surface area contributed by atoms with E-state index in [-0.39, 0.29) is 10.7 Å². The Morgan fingerprint density at radius 1 is 1.25 bits per heavy atom. The van der Waals surface area contributed by atoms with Crippen molar-refractivity contribution in [1.29, 1.82) is 0 Å². The highest BCUT2D eigenvalue weighted by molar-refractivity contribution is 8.00. The van der Waals surface area contributed by atoms with Crippen LogP contribution in [0.4, 0.5) is 0 Å². The molecular formula is C16H26N2OS. The maximum absolute atomic E-state index is 12.2. The van der Waals surface area contributed by atoms with E-state index in [9.17, 15) is 4.79 Å². The standard InChI is InChI=1S/C16H26N2OS/c1-4-16(5-2,20-3)12-18-15(19)14-8-6-13(7-9-14)10-11-17/h6-9H,4-5,10-12,17H2,1-3H3,(H,18,19). The van der Waals surface area contributed by atoms with Crippen LogP contribution in [0, 0.1) is 0 Å². The lowest BCUT2D eigenvalue weighted by atomic mass is 10.0. The summed E-state index contributed by atoms with van der Waals surface area (Å²) in [6, 6.07) is 7.70. The Hall–Kier alpha value is -1.00. The van der Waals surface area contributed by atoms with Crippen molar-refractivity contribution in [3.05, 3.63) is 35.4 Å². The summed E-state index contributed by atoms with van der Waals surface area (Å²) in [5.41, 5.74) is 7.40. The van der Waals surface area contributed by atoms with E-state index in [0.717, 1.165) is 19.3 Å². The number of nitrogens with one attached hydrogen (secondary N) is 1. The Balaban J connectivity index is 2.62. The quantitative estimate of drug-likeness (QED) is 0.775. The minimum absolute atomic E-state index is 0.00428. The van der Waals surface area contributed by atoms with E-state index in [0.29, 0.717) is 18.7 Å². The summed E-state index contributed by atoms with van der Waals surface area (Å²) in [6.45, 7) is 5.70. The van der Waals surface area contributed by atoms with Crippen molar-refractivity contribution >= 4 is 17.7 Å². The van der Waals surface area contributed by atoms with Crippen molar-refractivity contribution in [3.63, 3.8) is 0 Å². The van der Waals surface area contributed by atoms with Crippen molar-refractivity contribution in [1.82, 2.24) is 5.32 Å². The number of carbonyl (C=O) groups excluding carboxylic acids is 1. The predicted octanol–water partition coefficient (Wildman–Crippen LogP) is 2.84. The first kappa shape index (κ1) is 17.1. The number of hydrogen-bond donors (Lipinski definition) is 2. The molecule has 0 aromatic heterocycles.